The Morgan fingerprint density at radius 1 is 1.41 bits per heavy atom. The van der Waals surface area contributed by atoms with Crippen LogP contribution in [0, 0.1) is 0 Å². The van der Waals surface area contributed by atoms with Gasteiger partial charge in [-0.3, -0.25) is 4.90 Å². The fourth-order valence-electron chi connectivity index (χ4n) is 1.98. The first kappa shape index (κ1) is 12.7. The molecule has 4 nitrogen and oxygen atoms in total. The summed E-state index contributed by atoms with van der Waals surface area (Å²) in [5, 5.41) is 13.2. The standard InChI is InChI=1S/C12H17BrN2O2/c1-17-12-6-9(11(16)7-10(12)13)8-15-4-2-14-3-5-15/h6-7,14,16H,2-5,8H2,1H3. The minimum atomic E-state index is 0.316. The highest BCUT2D eigenvalue weighted by Crippen LogP contribution is 2.32. The number of methoxy groups -OCH3 is 1. The highest BCUT2D eigenvalue weighted by Gasteiger charge is 2.14. The molecule has 0 amide bonds. The number of rotatable bonds is 3. The quantitative estimate of drug-likeness (QED) is 0.889. The summed E-state index contributed by atoms with van der Waals surface area (Å²) < 4.78 is 6.02. The fraction of sp³-hybridized carbons (Fsp3) is 0.500. The first-order chi connectivity index (χ1) is 8.20. The summed E-state index contributed by atoms with van der Waals surface area (Å²) in [7, 11) is 1.63. The van der Waals surface area contributed by atoms with Gasteiger partial charge in [-0.25, -0.2) is 0 Å². The second kappa shape index (κ2) is 5.71. The maximum Gasteiger partial charge on any atom is 0.133 e. The molecular weight excluding hydrogens is 284 g/mol. The Labute approximate surface area is 110 Å². The molecule has 2 rings (SSSR count). The number of nitrogens with one attached hydrogen (secondary N) is 1. The van der Waals surface area contributed by atoms with Gasteiger partial charge in [-0.15, -0.1) is 0 Å². The second-order valence-corrected chi connectivity index (χ2v) is 5.00. The molecule has 0 unspecified atom stereocenters. The molecule has 2 N–H and O–H groups in total. The van der Waals surface area contributed by atoms with Gasteiger partial charge in [0.2, 0.25) is 0 Å². The molecule has 5 heteroatoms. The Kier molecular flexibility index (Phi) is 4.25. The van der Waals surface area contributed by atoms with Gasteiger partial charge >= 0.3 is 0 Å². The van der Waals surface area contributed by atoms with Gasteiger partial charge < -0.3 is 15.2 Å². The van der Waals surface area contributed by atoms with Gasteiger partial charge in [-0.1, -0.05) is 0 Å². The molecule has 0 spiro atoms. The molecule has 0 aromatic heterocycles. The van der Waals surface area contributed by atoms with Crippen LogP contribution in [0.1, 0.15) is 5.56 Å². The monoisotopic (exact) mass is 300 g/mol. The van der Waals surface area contributed by atoms with Crippen molar-refractivity contribution in [2.24, 2.45) is 0 Å². The van der Waals surface area contributed by atoms with Crippen molar-refractivity contribution in [1.29, 1.82) is 0 Å². The molecule has 17 heavy (non-hydrogen) atoms. The summed E-state index contributed by atoms with van der Waals surface area (Å²) in [5.74, 6) is 1.07. The number of halogens is 1. The van der Waals surface area contributed by atoms with E-state index in [2.05, 4.69) is 26.1 Å². The van der Waals surface area contributed by atoms with Crippen LogP contribution in [0.5, 0.6) is 11.5 Å². The van der Waals surface area contributed by atoms with Crippen molar-refractivity contribution in [2.45, 2.75) is 6.54 Å². The zero-order chi connectivity index (χ0) is 12.3. The summed E-state index contributed by atoms with van der Waals surface area (Å²) in [6.07, 6.45) is 0. The van der Waals surface area contributed by atoms with Crippen LogP contribution in [0.4, 0.5) is 0 Å². The molecule has 1 aliphatic heterocycles. The van der Waals surface area contributed by atoms with Crippen LogP contribution in [0.25, 0.3) is 0 Å². The van der Waals surface area contributed by atoms with Crippen molar-refractivity contribution >= 4 is 15.9 Å². The highest BCUT2D eigenvalue weighted by molar-refractivity contribution is 9.10. The summed E-state index contributed by atoms with van der Waals surface area (Å²) in [6, 6.07) is 3.58. The largest absolute Gasteiger partial charge is 0.508 e. The number of phenols is 1. The van der Waals surface area contributed by atoms with Crippen LogP contribution in [-0.4, -0.2) is 43.3 Å². The van der Waals surface area contributed by atoms with E-state index in [1.807, 2.05) is 6.07 Å². The first-order valence-electron chi connectivity index (χ1n) is 5.69. The smallest absolute Gasteiger partial charge is 0.133 e. The van der Waals surface area contributed by atoms with Gasteiger partial charge in [0.15, 0.2) is 0 Å². The van der Waals surface area contributed by atoms with Crippen molar-refractivity contribution in [3.63, 3.8) is 0 Å². The van der Waals surface area contributed by atoms with E-state index in [9.17, 15) is 5.11 Å². The number of ether oxygens (including phenoxy) is 1. The molecule has 1 saturated heterocycles. The van der Waals surface area contributed by atoms with Crippen molar-refractivity contribution < 1.29 is 9.84 Å². The Bertz CT molecular complexity index is 392. The average molecular weight is 301 g/mol. The van der Waals surface area contributed by atoms with E-state index in [1.54, 1.807) is 13.2 Å². The molecular formula is C12H17BrN2O2. The zero-order valence-electron chi connectivity index (χ0n) is 9.87. The average Bonchev–Trinajstić information content (AvgIpc) is 2.34. The molecule has 0 bridgehead atoms. The lowest BCUT2D eigenvalue weighted by Gasteiger charge is -2.27. The number of hydrogen-bond acceptors (Lipinski definition) is 4. The molecule has 0 radical (unpaired) electrons. The van der Waals surface area contributed by atoms with Gasteiger partial charge in [-0.2, -0.15) is 0 Å². The predicted molar refractivity (Wildman–Crippen MR) is 70.5 cm³/mol. The van der Waals surface area contributed by atoms with Crippen LogP contribution in [0.2, 0.25) is 0 Å². The van der Waals surface area contributed by atoms with Crippen molar-refractivity contribution in [3.05, 3.63) is 22.2 Å². The molecule has 1 fully saturated rings. The third kappa shape index (κ3) is 3.12. The summed E-state index contributed by atoms with van der Waals surface area (Å²) in [4.78, 5) is 2.32. The minimum absolute atomic E-state index is 0.316. The van der Waals surface area contributed by atoms with E-state index in [4.69, 9.17) is 4.74 Å². The van der Waals surface area contributed by atoms with Crippen LogP contribution in [0.15, 0.2) is 16.6 Å². The maximum absolute atomic E-state index is 9.91. The summed E-state index contributed by atoms with van der Waals surface area (Å²) >= 11 is 3.36. The Morgan fingerprint density at radius 2 is 2.12 bits per heavy atom. The number of piperazine rings is 1. The molecule has 1 aromatic carbocycles. The van der Waals surface area contributed by atoms with Crippen LogP contribution in [0.3, 0.4) is 0 Å². The van der Waals surface area contributed by atoms with Crippen molar-refractivity contribution in [1.82, 2.24) is 10.2 Å². The van der Waals surface area contributed by atoms with E-state index in [0.29, 0.717) is 5.75 Å². The second-order valence-electron chi connectivity index (χ2n) is 4.14. The zero-order valence-corrected chi connectivity index (χ0v) is 11.5. The van der Waals surface area contributed by atoms with E-state index >= 15 is 0 Å². The topological polar surface area (TPSA) is 44.7 Å². The summed E-state index contributed by atoms with van der Waals surface area (Å²) in [6.45, 7) is 4.80. The van der Waals surface area contributed by atoms with E-state index in [1.165, 1.54) is 0 Å². The fourth-order valence-corrected chi connectivity index (χ4v) is 2.47. The number of nitrogens with zero attached hydrogens (tertiary/aromatic N) is 1. The van der Waals surface area contributed by atoms with Gasteiger partial charge in [0.25, 0.3) is 0 Å². The number of benzene rings is 1. The summed E-state index contributed by atoms with van der Waals surface area (Å²) in [5.41, 5.74) is 0.909. The van der Waals surface area contributed by atoms with E-state index < -0.39 is 0 Å². The highest BCUT2D eigenvalue weighted by atomic mass is 79.9. The number of phenolic OH excluding ortho intramolecular Hbond substituents is 1. The number of hydrogen-bond donors (Lipinski definition) is 2. The third-order valence-corrected chi connectivity index (χ3v) is 3.58. The lowest BCUT2D eigenvalue weighted by molar-refractivity contribution is 0.230. The van der Waals surface area contributed by atoms with E-state index in [0.717, 1.165) is 48.5 Å². The molecule has 0 saturated carbocycles. The van der Waals surface area contributed by atoms with Gasteiger partial charge in [0, 0.05) is 38.3 Å². The normalized spacial score (nSPS) is 17.1. The molecule has 0 aliphatic carbocycles. The molecule has 0 atom stereocenters. The Hall–Kier alpha value is -0.780. The van der Waals surface area contributed by atoms with Gasteiger partial charge in [0.1, 0.15) is 11.5 Å². The van der Waals surface area contributed by atoms with Crippen molar-refractivity contribution in [3.8, 4) is 11.5 Å². The van der Waals surface area contributed by atoms with Crippen LogP contribution < -0.4 is 10.1 Å². The lowest BCUT2D eigenvalue weighted by Crippen LogP contribution is -2.42. The minimum Gasteiger partial charge on any atom is -0.508 e. The SMILES string of the molecule is COc1cc(CN2CCNCC2)c(O)cc1Br. The Morgan fingerprint density at radius 3 is 2.76 bits per heavy atom. The molecule has 1 aliphatic rings. The van der Waals surface area contributed by atoms with Crippen LogP contribution >= 0.6 is 15.9 Å². The van der Waals surface area contributed by atoms with E-state index in [-0.39, 0.29) is 0 Å². The molecule has 1 aromatic rings. The molecule has 1 heterocycles. The van der Waals surface area contributed by atoms with Crippen LogP contribution in [-0.2, 0) is 6.54 Å². The lowest BCUT2D eigenvalue weighted by atomic mass is 10.1. The maximum atomic E-state index is 9.91. The first-order valence-corrected chi connectivity index (χ1v) is 6.48. The van der Waals surface area contributed by atoms with Gasteiger partial charge in [0.05, 0.1) is 11.6 Å². The Balaban J connectivity index is 2.13. The third-order valence-electron chi connectivity index (χ3n) is 2.96. The molecule has 94 valence electrons. The van der Waals surface area contributed by atoms with Gasteiger partial charge in [-0.05, 0) is 28.1 Å². The predicted octanol–water partition coefficient (Wildman–Crippen LogP) is 1.57. The van der Waals surface area contributed by atoms with Crippen molar-refractivity contribution in [2.75, 3.05) is 33.3 Å². The number of aromatic hydroxyl groups is 1.